The summed E-state index contributed by atoms with van der Waals surface area (Å²) in [5.41, 5.74) is 8.18. The highest BCUT2D eigenvalue weighted by Crippen LogP contribution is 2.27. The Hall–Kier alpha value is -4.19. The minimum absolute atomic E-state index is 0.218. The molecular formula is C26H23N3O3. The first-order valence-corrected chi connectivity index (χ1v) is 10.3. The van der Waals surface area contributed by atoms with E-state index in [9.17, 15) is 15.0 Å². The third-order valence-electron chi connectivity index (χ3n) is 5.25. The van der Waals surface area contributed by atoms with Gasteiger partial charge in [0.15, 0.2) is 11.5 Å². The number of nitrogens with one attached hydrogen (secondary N) is 1. The monoisotopic (exact) mass is 425 g/mol. The first kappa shape index (κ1) is 21.1. The smallest absolute Gasteiger partial charge is 0.272 e. The lowest BCUT2D eigenvalue weighted by Crippen LogP contribution is -2.18. The maximum atomic E-state index is 13.0. The maximum absolute atomic E-state index is 13.0. The number of amides is 1. The Labute approximate surface area is 185 Å². The molecule has 160 valence electrons. The zero-order chi connectivity index (χ0) is 22.7. The standard InChI is InChI=1S/C26H23N3O3/c1-3-17-5-8-19(9-6-17)23-14-21(20-12-16(2)4-10-22(20)28-23)26(32)29-27-15-18-7-11-24(30)25(31)13-18/h4-15,30-31H,3H2,1-2H3,(H,29,32)/b27-15+. The summed E-state index contributed by atoms with van der Waals surface area (Å²) in [5.74, 6) is -0.840. The van der Waals surface area contributed by atoms with Crippen molar-refractivity contribution in [3.05, 3.63) is 89.0 Å². The van der Waals surface area contributed by atoms with Crippen LogP contribution in [0.15, 0.2) is 71.8 Å². The molecule has 1 amide bonds. The number of pyridine rings is 1. The number of hydrogen-bond donors (Lipinski definition) is 3. The molecule has 0 fully saturated rings. The van der Waals surface area contributed by atoms with Crippen LogP contribution >= 0.6 is 0 Å². The normalized spacial score (nSPS) is 11.2. The molecule has 1 aromatic heterocycles. The van der Waals surface area contributed by atoms with Crippen molar-refractivity contribution in [2.45, 2.75) is 20.3 Å². The van der Waals surface area contributed by atoms with Crippen molar-refractivity contribution < 1.29 is 15.0 Å². The number of aryl methyl sites for hydroxylation is 2. The molecule has 0 aliphatic heterocycles. The summed E-state index contributed by atoms with van der Waals surface area (Å²) in [6, 6.07) is 20.0. The van der Waals surface area contributed by atoms with Crippen LogP contribution < -0.4 is 5.43 Å². The highest BCUT2D eigenvalue weighted by molar-refractivity contribution is 6.07. The Kier molecular flexibility index (Phi) is 5.85. The van der Waals surface area contributed by atoms with Gasteiger partial charge in [0.2, 0.25) is 0 Å². The van der Waals surface area contributed by atoms with Gasteiger partial charge >= 0.3 is 0 Å². The number of benzene rings is 3. The van der Waals surface area contributed by atoms with Gasteiger partial charge in [0.25, 0.3) is 5.91 Å². The van der Waals surface area contributed by atoms with Crippen LogP contribution in [0.1, 0.15) is 34.0 Å². The van der Waals surface area contributed by atoms with Gasteiger partial charge in [0.05, 0.1) is 23.0 Å². The molecule has 0 aliphatic carbocycles. The Bertz CT molecular complexity index is 1330. The molecule has 3 aromatic carbocycles. The minimum Gasteiger partial charge on any atom is -0.504 e. The average molecular weight is 425 g/mol. The van der Waals surface area contributed by atoms with Crippen LogP contribution in [0.2, 0.25) is 0 Å². The largest absolute Gasteiger partial charge is 0.504 e. The van der Waals surface area contributed by atoms with Gasteiger partial charge < -0.3 is 10.2 Å². The second kappa shape index (κ2) is 8.89. The predicted octanol–water partition coefficient (Wildman–Crippen LogP) is 4.95. The molecule has 0 spiro atoms. The predicted molar refractivity (Wildman–Crippen MR) is 126 cm³/mol. The number of rotatable bonds is 5. The van der Waals surface area contributed by atoms with Gasteiger partial charge in [-0.15, -0.1) is 0 Å². The van der Waals surface area contributed by atoms with E-state index in [0.717, 1.165) is 28.5 Å². The summed E-state index contributed by atoms with van der Waals surface area (Å²) in [4.78, 5) is 17.8. The van der Waals surface area contributed by atoms with Crippen LogP contribution in [-0.2, 0) is 6.42 Å². The van der Waals surface area contributed by atoms with Gasteiger partial charge in [-0.25, -0.2) is 10.4 Å². The summed E-state index contributed by atoms with van der Waals surface area (Å²) in [6.45, 7) is 4.07. The lowest BCUT2D eigenvalue weighted by atomic mass is 10.0. The first-order chi connectivity index (χ1) is 15.4. The molecule has 0 aliphatic rings. The van der Waals surface area contributed by atoms with Crippen LogP contribution in [0, 0.1) is 6.92 Å². The zero-order valence-corrected chi connectivity index (χ0v) is 17.8. The maximum Gasteiger partial charge on any atom is 0.272 e. The number of carbonyl (C=O) groups is 1. The molecule has 6 heteroatoms. The van der Waals surface area contributed by atoms with Crippen molar-refractivity contribution in [1.29, 1.82) is 0 Å². The van der Waals surface area contributed by atoms with E-state index in [0.29, 0.717) is 16.8 Å². The molecule has 0 bridgehead atoms. The molecule has 0 radical (unpaired) electrons. The van der Waals surface area contributed by atoms with Crippen molar-refractivity contribution in [2.24, 2.45) is 5.10 Å². The Morgan fingerprint density at radius 3 is 2.50 bits per heavy atom. The zero-order valence-electron chi connectivity index (χ0n) is 17.8. The van der Waals surface area contributed by atoms with Crippen LogP contribution in [-0.4, -0.2) is 27.3 Å². The van der Waals surface area contributed by atoms with E-state index >= 15 is 0 Å². The highest BCUT2D eigenvalue weighted by Gasteiger charge is 2.14. The third-order valence-corrected chi connectivity index (χ3v) is 5.25. The fraction of sp³-hybridized carbons (Fsp3) is 0.115. The average Bonchev–Trinajstić information content (AvgIpc) is 2.80. The van der Waals surface area contributed by atoms with E-state index in [1.807, 2.05) is 37.3 Å². The van der Waals surface area contributed by atoms with Gasteiger partial charge in [-0.2, -0.15) is 5.10 Å². The lowest BCUT2D eigenvalue weighted by Gasteiger charge is -2.10. The fourth-order valence-electron chi connectivity index (χ4n) is 3.43. The summed E-state index contributed by atoms with van der Waals surface area (Å²) in [5, 5.41) is 23.8. The number of carbonyl (C=O) groups excluding carboxylic acids is 1. The van der Waals surface area contributed by atoms with Crippen molar-refractivity contribution in [3.63, 3.8) is 0 Å². The fourth-order valence-corrected chi connectivity index (χ4v) is 3.43. The molecule has 0 saturated heterocycles. The Balaban J connectivity index is 1.68. The van der Waals surface area contributed by atoms with Crippen LogP contribution in [0.3, 0.4) is 0 Å². The van der Waals surface area contributed by atoms with Crippen LogP contribution in [0.4, 0.5) is 0 Å². The van der Waals surface area contributed by atoms with Crippen molar-refractivity contribution in [3.8, 4) is 22.8 Å². The summed E-state index contributed by atoms with van der Waals surface area (Å²) >= 11 is 0. The molecule has 3 N–H and O–H groups in total. The minimum atomic E-state index is -0.367. The number of aromatic hydroxyl groups is 2. The van der Waals surface area contributed by atoms with Gasteiger partial charge in [-0.1, -0.05) is 42.8 Å². The first-order valence-electron chi connectivity index (χ1n) is 10.3. The Morgan fingerprint density at radius 1 is 1.00 bits per heavy atom. The lowest BCUT2D eigenvalue weighted by molar-refractivity contribution is 0.0956. The molecule has 1 heterocycles. The number of phenolic OH excluding ortho intramolecular Hbond substituents is 2. The number of fused-ring (bicyclic) bond motifs is 1. The molecule has 4 aromatic rings. The van der Waals surface area contributed by atoms with Crippen LogP contribution in [0.5, 0.6) is 11.5 Å². The van der Waals surface area contributed by atoms with Gasteiger partial charge in [0, 0.05) is 10.9 Å². The van der Waals surface area contributed by atoms with Crippen molar-refractivity contribution >= 4 is 23.0 Å². The van der Waals surface area contributed by atoms with E-state index in [1.54, 1.807) is 12.1 Å². The van der Waals surface area contributed by atoms with Gasteiger partial charge in [0.1, 0.15) is 0 Å². The van der Waals surface area contributed by atoms with E-state index in [-0.39, 0.29) is 17.4 Å². The van der Waals surface area contributed by atoms with E-state index < -0.39 is 0 Å². The van der Waals surface area contributed by atoms with E-state index in [4.69, 9.17) is 4.98 Å². The molecule has 0 atom stereocenters. The van der Waals surface area contributed by atoms with Crippen LogP contribution in [0.25, 0.3) is 22.2 Å². The van der Waals surface area contributed by atoms with Crippen molar-refractivity contribution in [2.75, 3.05) is 0 Å². The van der Waals surface area contributed by atoms with E-state index in [2.05, 4.69) is 29.6 Å². The number of hydrogen-bond acceptors (Lipinski definition) is 5. The molecule has 6 nitrogen and oxygen atoms in total. The Morgan fingerprint density at radius 2 is 1.78 bits per heavy atom. The van der Waals surface area contributed by atoms with Crippen molar-refractivity contribution in [1.82, 2.24) is 10.4 Å². The number of aromatic nitrogens is 1. The molecule has 32 heavy (non-hydrogen) atoms. The highest BCUT2D eigenvalue weighted by atomic mass is 16.3. The summed E-state index contributed by atoms with van der Waals surface area (Å²) in [6.07, 6.45) is 2.35. The number of nitrogens with zero attached hydrogens (tertiary/aromatic N) is 2. The SMILES string of the molecule is CCc1ccc(-c2cc(C(=O)N/N=C/c3ccc(O)c(O)c3)c3cc(C)ccc3n2)cc1. The topological polar surface area (TPSA) is 94.8 Å². The number of phenols is 2. The molecular weight excluding hydrogens is 402 g/mol. The quantitative estimate of drug-likeness (QED) is 0.240. The second-order valence-electron chi connectivity index (χ2n) is 7.57. The van der Waals surface area contributed by atoms with E-state index in [1.165, 1.54) is 23.9 Å². The molecule has 0 unspecified atom stereocenters. The summed E-state index contributed by atoms with van der Waals surface area (Å²) < 4.78 is 0. The molecule has 0 saturated carbocycles. The number of hydrazone groups is 1. The van der Waals surface area contributed by atoms with Gasteiger partial charge in [-0.3, -0.25) is 4.79 Å². The summed E-state index contributed by atoms with van der Waals surface area (Å²) in [7, 11) is 0. The molecule has 4 rings (SSSR count). The third kappa shape index (κ3) is 4.44. The van der Waals surface area contributed by atoms with Gasteiger partial charge in [-0.05, 0) is 60.9 Å². The second-order valence-corrected chi connectivity index (χ2v) is 7.57.